The number of carbonyl (C=O) groups is 1. The van der Waals surface area contributed by atoms with E-state index >= 15 is 0 Å². The Morgan fingerprint density at radius 1 is 0.906 bits per heavy atom. The highest BCUT2D eigenvalue weighted by Gasteiger charge is 2.07. The van der Waals surface area contributed by atoms with Gasteiger partial charge >= 0.3 is 0 Å². The van der Waals surface area contributed by atoms with E-state index in [1.807, 2.05) is 87.5 Å². The summed E-state index contributed by atoms with van der Waals surface area (Å²) >= 11 is 0. The van der Waals surface area contributed by atoms with Crippen molar-refractivity contribution in [1.82, 2.24) is 5.43 Å². The average molecular weight is 433 g/mol. The fraction of sp³-hybridized carbons (Fsp3) is 0.231. The lowest BCUT2D eigenvalue weighted by Gasteiger charge is -2.12. The van der Waals surface area contributed by atoms with Gasteiger partial charge in [-0.05, 0) is 61.7 Å². The molecule has 1 N–H and O–H groups in total. The van der Waals surface area contributed by atoms with E-state index in [2.05, 4.69) is 10.5 Å². The third kappa shape index (κ3) is 6.87. The topological polar surface area (TPSA) is 69.2 Å². The number of rotatable bonds is 10. The van der Waals surface area contributed by atoms with Crippen molar-refractivity contribution in [3.8, 4) is 17.2 Å². The number of benzene rings is 3. The first-order valence-electron chi connectivity index (χ1n) is 10.5. The number of nitrogens with one attached hydrogen (secondary N) is 1. The Hall–Kier alpha value is -3.80. The summed E-state index contributed by atoms with van der Waals surface area (Å²) in [6.45, 7) is 6.72. The Morgan fingerprint density at radius 2 is 1.69 bits per heavy atom. The predicted molar refractivity (Wildman–Crippen MR) is 126 cm³/mol. The van der Waals surface area contributed by atoms with Crippen LogP contribution in [0.1, 0.15) is 29.2 Å². The summed E-state index contributed by atoms with van der Waals surface area (Å²) < 4.78 is 17.2. The van der Waals surface area contributed by atoms with E-state index < -0.39 is 0 Å². The number of amides is 1. The molecule has 166 valence electrons. The van der Waals surface area contributed by atoms with Gasteiger partial charge in [0.05, 0.1) is 12.8 Å². The first-order chi connectivity index (χ1) is 15.5. The first kappa shape index (κ1) is 22.9. The summed E-state index contributed by atoms with van der Waals surface area (Å²) in [7, 11) is 0. The predicted octanol–water partition coefficient (Wildman–Crippen LogP) is 4.81. The van der Waals surface area contributed by atoms with Crippen molar-refractivity contribution < 1.29 is 19.0 Å². The fourth-order valence-electron chi connectivity index (χ4n) is 3.04. The molecule has 0 spiro atoms. The van der Waals surface area contributed by atoms with Gasteiger partial charge in [0.1, 0.15) is 12.4 Å². The smallest absolute Gasteiger partial charge is 0.277 e. The standard InChI is InChI=1S/C26H28N2O4/c1-4-30-25-15-22(11-13-24(25)31-17-21-8-6-5-7-9-21)16-27-28-26(29)18-32-23-12-10-19(2)14-20(23)3/h5-16H,4,17-18H2,1-3H3,(H,28,29)/b27-16-. The Balaban J connectivity index is 1.55. The largest absolute Gasteiger partial charge is 0.490 e. The third-order valence-electron chi connectivity index (χ3n) is 4.60. The molecule has 3 aromatic carbocycles. The average Bonchev–Trinajstić information content (AvgIpc) is 2.79. The molecular formula is C26H28N2O4. The first-order valence-corrected chi connectivity index (χ1v) is 10.5. The van der Waals surface area contributed by atoms with Crippen LogP contribution in [0, 0.1) is 13.8 Å². The molecule has 6 heteroatoms. The van der Waals surface area contributed by atoms with Crippen molar-refractivity contribution in [2.24, 2.45) is 5.10 Å². The van der Waals surface area contributed by atoms with Crippen molar-refractivity contribution in [1.29, 1.82) is 0 Å². The molecular weight excluding hydrogens is 404 g/mol. The van der Waals surface area contributed by atoms with Crippen LogP contribution in [-0.2, 0) is 11.4 Å². The molecule has 3 rings (SSSR count). The molecule has 32 heavy (non-hydrogen) atoms. The number of hydrogen-bond acceptors (Lipinski definition) is 5. The lowest BCUT2D eigenvalue weighted by Crippen LogP contribution is -2.24. The minimum absolute atomic E-state index is 0.113. The number of aryl methyl sites for hydroxylation is 2. The van der Waals surface area contributed by atoms with Crippen LogP contribution in [0.25, 0.3) is 0 Å². The second kappa shape index (κ2) is 11.6. The van der Waals surface area contributed by atoms with Crippen LogP contribution >= 0.6 is 0 Å². The minimum atomic E-state index is -0.339. The second-order valence-electron chi connectivity index (χ2n) is 7.26. The summed E-state index contributed by atoms with van der Waals surface area (Å²) in [5.41, 5.74) is 6.46. The molecule has 0 atom stereocenters. The van der Waals surface area contributed by atoms with Gasteiger partial charge in [0.25, 0.3) is 5.91 Å². The van der Waals surface area contributed by atoms with Gasteiger partial charge in [0.15, 0.2) is 18.1 Å². The van der Waals surface area contributed by atoms with Crippen LogP contribution in [0.4, 0.5) is 0 Å². The minimum Gasteiger partial charge on any atom is -0.490 e. The summed E-state index contributed by atoms with van der Waals surface area (Å²) in [4.78, 5) is 12.0. The highest BCUT2D eigenvalue weighted by atomic mass is 16.5. The van der Waals surface area contributed by atoms with Crippen LogP contribution in [0.3, 0.4) is 0 Å². The number of carbonyl (C=O) groups excluding carboxylic acids is 1. The summed E-state index contributed by atoms with van der Waals surface area (Å²) in [5, 5.41) is 4.01. The Kier molecular flexibility index (Phi) is 8.26. The van der Waals surface area contributed by atoms with Crippen LogP contribution in [0.2, 0.25) is 0 Å². The van der Waals surface area contributed by atoms with Gasteiger partial charge in [-0.1, -0.05) is 48.0 Å². The van der Waals surface area contributed by atoms with E-state index in [0.717, 1.165) is 22.3 Å². The zero-order valence-corrected chi connectivity index (χ0v) is 18.6. The van der Waals surface area contributed by atoms with Crippen LogP contribution in [-0.4, -0.2) is 25.3 Å². The van der Waals surface area contributed by atoms with Crippen LogP contribution < -0.4 is 19.6 Å². The quantitative estimate of drug-likeness (QED) is 0.369. The second-order valence-corrected chi connectivity index (χ2v) is 7.26. The van der Waals surface area contributed by atoms with Crippen molar-refractivity contribution in [2.75, 3.05) is 13.2 Å². The van der Waals surface area contributed by atoms with Crippen molar-refractivity contribution in [3.05, 3.63) is 89.0 Å². The van der Waals surface area contributed by atoms with Gasteiger partial charge in [-0.3, -0.25) is 4.79 Å². The lowest BCUT2D eigenvalue weighted by atomic mass is 10.1. The fourth-order valence-corrected chi connectivity index (χ4v) is 3.04. The van der Waals surface area contributed by atoms with E-state index in [1.54, 1.807) is 6.21 Å². The number of hydrazone groups is 1. The number of nitrogens with zero attached hydrogens (tertiary/aromatic N) is 1. The molecule has 0 heterocycles. The SMILES string of the molecule is CCOc1cc(/C=N\NC(=O)COc2ccc(C)cc2C)ccc1OCc1ccccc1. The lowest BCUT2D eigenvalue weighted by molar-refractivity contribution is -0.123. The van der Waals surface area contributed by atoms with E-state index in [1.165, 1.54) is 0 Å². The summed E-state index contributed by atoms with van der Waals surface area (Å²) in [6.07, 6.45) is 1.55. The monoisotopic (exact) mass is 432 g/mol. The molecule has 0 aromatic heterocycles. The van der Waals surface area contributed by atoms with Crippen molar-refractivity contribution in [2.45, 2.75) is 27.4 Å². The molecule has 0 bridgehead atoms. The van der Waals surface area contributed by atoms with Gasteiger partial charge in [-0.25, -0.2) is 5.43 Å². The maximum atomic E-state index is 12.0. The summed E-state index contributed by atoms with van der Waals surface area (Å²) in [6, 6.07) is 21.3. The summed E-state index contributed by atoms with van der Waals surface area (Å²) in [5.74, 6) is 1.62. The zero-order chi connectivity index (χ0) is 22.8. The molecule has 6 nitrogen and oxygen atoms in total. The molecule has 0 fully saturated rings. The molecule has 0 aliphatic carbocycles. The number of hydrogen-bond donors (Lipinski definition) is 1. The normalized spacial score (nSPS) is 10.7. The Bertz CT molecular complexity index is 1060. The highest BCUT2D eigenvalue weighted by molar-refractivity contribution is 5.83. The molecule has 0 aliphatic heterocycles. The number of ether oxygens (including phenoxy) is 3. The van der Waals surface area contributed by atoms with Gasteiger partial charge < -0.3 is 14.2 Å². The molecule has 0 aliphatic rings. The van der Waals surface area contributed by atoms with E-state index in [-0.39, 0.29) is 12.5 Å². The maximum Gasteiger partial charge on any atom is 0.277 e. The van der Waals surface area contributed by atoms with Gasteiger partial charge in [0.2, 0.25) is 0 Å². The van der Waals surface area contributed by atoms with E-state index in [9.17, 15) is 4.79 Å². The Labute approximate surface area is 188 Å². The molecule has 1 amide bonds. The molecule has 0 radical (unpaired) electrons. The zero-order valence-electron chi connectivity index (χ0n) is 18.6. The van der Waals surface area contributed by atoms with Gasteiger partial charge in [-0.2, -0.15) is 5.10 Å². The van der Waals surface area contributed by atoms with Crippen LogP contribution in [0.15, 0.2) is 71.8 Å². The Morgan fingerprint density at radius 3 is 2.44 bits per heavy atom. The van der Waals surface area contributed by atoms with Gasteiger partial charge in [0, 0.05) is 0 Å². The molecule has 0 unspecified atom stereocenters. The van der Waals surface area contributed by atoms with E-state index in [0.29, 0.717) is 30.5 Å². The third-order valence-corrected chi connectivity index (χ3v) is 4.60. The van der Waals surface area contributed by atoms with Crippen molar-refractivity contribution in [3.63, 3.8) is 0 Å². The van der Waals surface area contributed by atoms with Crippen LogP contribution in [0.5, 0.6) is 17.2 Å². The molecule has 3 aromatic rings. The van der Waals surface area contributed by atoms with E-state index in [4.69, 9.17) is 14.2 Å². The molecule has 0 saturated carbocycles. The van der Waals surface area contributed by atoms with Gasteiger partial charge in [-0.15, -0.1) is 0 Å². The maximum absolute atomic E-state index is 12.0. The highest BCUT2D eigenvalue weighted by Crippen LogP contribution is 2.29. The molecule has 0 saturated heterocycles. The van der Waals surface area contributed by atoms with Crippen molar-refractivity contribution >= 4 is 12.1 Å².